The molecule has 4 rings (SSSR count). The molecule has 2 unspecified atom stereocenters. The van der Waals surface area contributed by atoms with Gasteiger partial charge < -0.3 is 20.1 Å². The summed E-state index contributed by atoms with van der Waals surface area (Å²) < 4.78 is 11.1. The topological polar surface area (TPSA) is 97.5 Å². The van der Waals surface area contributed by atoms with Gasteiger partial charge in [0.1, 0.15) is 17.5 Å². The number of primary amides is 1. The van der Waals surface area contributed by atoms with E-state index in [2.05, 4.69) is 5.10 Å². The number of methoxy groups -OCH3 is 1. The molecule has 2 N–H and O–H groups in total. The average molecular weight is 437 g/mol. The zero-order valence-electron chi connectivity index (χ0n) is 18.1. The first-order valence-electron chi connectivity index (χ1n) is 10.8. The highest BCUT2D eigenvalue weighted by Gasteiger charge is 2.37. The number of hydrogen-bond acceptors (Lipinski definition) is 6. The Labute approximate surface area is 187 Å². The minimum atomic E-state index is -0.697. The van der Waals surface area contributed by atoms with Crippen LogP contribution in [0, 0.1) is 0 Å². The molecule has 0 aromatic heterocycles. The summed E-state index contributed by atoms with van der Waals surface area (Å²) in [6.45, 7) is 1.56. The van der Waals surface area contributed by atoms with Crippen LogP contribution >= 0.6 is 0 Å². The third-order valence-electron chi connectivity index (χ3n) is 5.75. The monoisotopic (exact) mass is 436 g/mol. The second-order valence-corrected chi connectivity index (χ2v) is 8.02. The number of ether oxygens (including phenoxy) is 2. The zero-order chi connectivity index (χ0) is 22.5. The molecule has 2 atom stereocenters. The number of carbonyl (C=O) groups excluding carboxylic acids is 2. The van der Waals surface area contributed by atoms with Crippen molar-refractivity contribution in [1.29, 1.82) is 0 Å². The number of anilines is 1. The van der Waals surface area contributed by atoms with E-state index in [1.54, 1.807) is 17.0 Å². The van der Waals surface area contributed by atoms with Crippen LogP contribution in [-0.2, 0) is 20.9 Å². The Balaban J connectivity index is 1.59. The first kappa shape index (κ1) is 21.8. The first-order valence-corrected chi connectivity index (χ1v) is 10.8. The molecule has 32 heavy (non-hydrogen) atoms. The third kappa shape index (κ3) is 4.91. The summed E-state index contributed by atoms with van der Waals surface area (Å²) in [5.74, 6) is 0.00106. The smallest absolute Gasteiger partial charge is 0.270 e. The number of hydrazone groups is 1. The molecule has 0 spiro atoms. The maximum absolute atomic E-state index is 13.6. The maximum atomic E-state index is 13.6. The van der Waals surface area contributed by atoms with Gasteiger partial charge in [0.25, 0.3) is 5.91 Å². The summed E-state index contributed by atoms with van der Waals surface area (Å²) in [7, 11) is 1.61. The van der Waals surface area contributed by atoms with Gasteiger partial charge in [-0.05, 0) is 42.7 Å². The number of amides is 2. The van der Waals surface area contributed by atoms with E-state index in [-0.39, 0.29) is 18.4 Å². The molecule has 168 valence electrons. The number of nitrogens with zero attached hydrogens (tertiary/aromatic N) is 3. The standard InChI is InChI=1S/C24H28N4O4/c1-31-19-10-5-7-17(13-19)15-27(16-20-11-6-12-32-20)24(30)21-14-22(23(25)29)28(26-21)18-8-3-2-4-9-18/h2-5,7-10,13,20,22H,6,11-12,14-16H2,1H3,(H2,25,29). The van der Waals surface area contributed by atoms with Crippen LogP contribution in [0.25, 0.3) is 0 Å². The Kier molecular flexibility index (Phi) is 6.70. The molecule has 2 aliphatic rings. The Bertz CT molecular complexity index is 989. The molecule has 0 radical (unpaired) electrons. The first-order chi connectivity index (χ1) is 15.5. The van der Waals surface area contributed by atoms with Gasteiger partial charge in [0.15, 0.2) is 0 Å². The summed E-state index contributed by atoms with van der Waals surface area (Å²) in [5, 5.41) is 6.07. The summed E-state index contributed by atoms with van der Waals surface area (Å²) in [4.78, 5) is 27.4. The second kappa shape index (κ2) is 9.82. The van der Waals surface area contributed by atoms with E-state index < -0.39 is 11.9 Å². The van der Waals surface area contributed by atoms with Crippen molar-refractivity contribution in [2.75, 3.05) is 25.3 Å². The van der Waals surface area contributed by atoms with Gasteiger partial charge >= 0.3 is 0 Å². The summed E-state index contributed by atoms with van der Waals surface area (Å²) in [6.07, 6.45) is 2.05. The van der Waals surface area contributed by atoms with E-state index in [4.69, 9.17) is 15.2 Å². The molecule has 8 nitrogen and oxygen atoms in total. The Morgan fingerprint density at radius 2 is 2.03 bits per heavy atom. The van der Waals surface area contributed by atoms with Crippen molar-refractivity contribution in [1.82, 2.24) is 4.90 Å². The predicted octanol–water partition coefficient (Wildman–Crippen LogP) is 2.32. The van der Waals surface area contributed by atoms with Gasteiger partial charge in [0, 0.05) is 26.1 Å². The van der Waals surface area contributed by atoms with E-state index >= 15 is 0 Å². The molecule has 1 saturated heterocycles. The van der Waals surface area contributed by atoms with Crippen molar-refractivity contribution in [2.24, 2.45) is 10.8 Å². The lowest BCUT2D eigenvalue weighted by Crippen LogP contribution is -2.42. The number of para-hydroxylation sites is 1. The van der Waals surface area contributed by atoms with Crippen LogP contribution < -0.4 is 15.5 Å². The summed E-state index contributed by atoms with van der Waals surface area (Å²) >= 11 is 0. The normalized spacial score (nSPS) is 20.2. The van der Waals surface area contributed by atoms with Crippen molar-refractivity contribution in [2.45, 2.75) is 38.0 Å². The van der Waals surface area contributed by atoms with Gasteiger partial charge in [-0.3, -0.25) is 14.6 Å². The molecule has 2 aliphatic heterocycles. The van der Waals surface area contributed by atoms with Crippen LogP contribution in [0.3, 0.4) is 0 Å². The van der Waals surface area contributed by atoms with Gasteiger partial charge in [0.2, 0.25) is 5.91 Å². The lowest BCUT2D eigenvalue weighted by molar-refractivity contribution is -0.126. The van der Waals surface area contributed by atoms with E-state index in [1.165, 1.54) is 0 Å². The molecule has 1 fully saturated rings. The molecule has 0 saturated carbocycles. The van der Waals surface area contributed by atoms with E-state index in [1.807, 2.05) is 54.6 Å². The molecular formula is C24H28N4O4. The largest absolute Gasteiger partial charge is 0.497 e. The number of rotatable bonds is 8. The highest BCUT2D eigenvalue weighted by atomic mass is 16.5. The van der Waals surface area contributed by atoms with Crippen molar-refractivity contribution in [3.05, 3.63) is 60.2 Å². The third-order valence-corrected chi connectivity index (χ3v) is 5.75. The SMILES string of the molecule is COc1cccc(CN(CC2CCCO2)C(=O)C2=NN(c3ccccc3)C(C(N)=O)C2)c1. The Morgan fingerprint density at radius 3 is 2.72 bits per heavy atom. The molecule has 0 aliphatic carbocycles. The number of carbonyl (C=O) groups is 2. The van der Waals surface area contributed by atoms with Gasteiger partial charge in [-0.1, -0.05) is 30.3 Å². The predicted molar refractivity (Wildman–Crippen MR) is 121 cm³/mol. The lowest BCUT2D eigenvalue weighted by Gasteiger charge is -2.25. The fourth-order valence-electron chi connectivity index (χ4n) is 4.11. The average Bonchev–Trinajstić information content (AvgIpc) is 3.49. The highest BCUT2D eigenvalue weighted by Crippen LogP contribution is 2.26. The minimum absolute atomic E-state index is 0.0104. The molecule has 2 aromatic carbocycles. The fourth-order valence-corrected chi connectivity index (χ4v) is 4.11. The molecule has 0 bridgehead atoms. The van der Waals surface area contributed by atoms with Gasteiger partial charge in [-0.2, -0.15) is 5.10 Å². The zero-order valence-corrected chi connectivity index (χ0v) is 18.1. The van der Waals surface area contributed by atoms with Crippen molar-refractivity contribution in [3.63, 3.8) is 0 Å². The van der Waals surface area contributed by atoms with Crippen LogP contribution in [0.1, 0.15) is 24.8 Å². The van der Waals surface area contributed by atoms with Crippen molar-refractivity contribution in [3.8, 4) is 5.75 Å². The van der Waals surface area contributed by atoms with Crippen LogP contribution in [0.2, 0.25) is 0 Å². The number of nitrogens with two attached hydrogens (primary N) is 1. The van der Waals surface area contributed by atoms with Gasteiger partial charge in [0.05, 0.1) is 18.9 Å². The van der Waals surface area contributed by atoms with E-state index in [0.29, 0.717) is 25.4 Å². The van der Waals surface area contributed by atoms with E-state index in [9.17, 15) is 9.59 Å². The fraction of sp³-hybridized carbons (Fsp3) is 0.375. The second-order valence-electron chi connectivity index (χ2n) is 8.02. The quantitative estimate of drug-likeness (QED) is 0.685. The van der Waals surface area contributed by atoms with Crippen LogP contribution in [0.5, 0.6) is 5.75 Å². The molecule has 2 amide bonds. The lowest BCUT2D eigenvalue weighted by atomic mass is 10.1. The minimum Gasteiger partial charge on any atom is -0.497 e. The van der Waals surface area contributed by atoms with Crippen LogP contribution in [0.4, 0.5) is 5.69 Å². The molecular weight excluding hydrogens is 408 g/mol. The molecule has 2 heterocycles. The summed E-state index contributed by atoms with van der Waals surface area (Å²) in [5.41, 5.74) is 7.62. The van der Waals surface area contributed by atoms with Gasteiger partial charge in [-0.15, -0.1) is 0 Å². The van der Waals surface area contributed by atoms with Crippen molar-refractivity contribution >= 4 is 23.2 Å². The van der Waals surface area contributed by atoms with Crippen LogP contribution in [-0.4, -0.2) is 54.8 Å². The van der Waals surface area contributed by atoms with E-state index in [0.717, 1.165) is 29.8 Å². The summed E-state index contributed by atoms with van der Waals surface area (Å²) in [6, 6.07) is 16.2. The Hall–Kier alpha value is -3.39. The molecule has 2 aromatic rings. The Morgan fingerprint density at radius 1 is 1.22 bits per heavy atom. The van der Waals surface area contributed by atoms with Gasteiger partial charge in [-0.25, -0.2) is 0 Å². The number of benzene rings is 2. The number of hydrogen-bond donors (Lipinski definition) is 1. The van der Waals surface area contributed by atoms with Crippen LogP contribution in [0.15, 0.2) is 59.7 Å². The molecule has 8 heteroatoms. The highest BCUT2D eigenvalue weighted by molar-refractivity contribution is 6.40. The maximum Gasteiger partial charge on any atom is 0.270 e. The van der Waals surface area contributed by atoms with Crippen molar-refractivity contribution < 1.29 is 19.1 Å².